The van der Waals surface area contributed by atoms with Gasteiger partial charge in [0.1, 0.15) is 6.29 Å². The van der Waals surface area contributed by atoms with Crippen molar-refractivity contribution in [2.24, 2.45) is 5.92 Å². The summed E-state index contributed by atoms with van der Waals surface area (Å²) in [6.45, 7) is 2.59. The summed E-state index contributed by atoms with van der Waals surface area (Å²) in [5.41, 5.74) is 4.88. The summed E-state index contributed by atoms with van der Waals surface area (Å²) < 4.78 is 5.20. The van der Waals surface area contributed by atoms with Crippen molar-refractivity contribution in [2.45, 2.75) is 26.2 Å². The molecule has 3 heteroatoms. The van der Waals surface area contributed by atoms with Crippen LogP contribution >= 0.6 is 12.2 Å². The van der Waals surface area contributed by atoms with Crippen LogP contribution in [0.5, 0.6) is 0 Å². The van der Waals surface area contributed by atoms with Crippen molar-refractivity contribution in [3.05, 3.63) is 52.6 Å². The van der Waals surface area contributed by atoms with Crippen LogP contribution in [0.2, 0.25) is 0 Å². The first-order chi connectivity index (χ1) is 10.7. The van der Waals surface area contributed by atoms with E-state index >= 15 is 0 Å². The number of carbonyl (C=O) groups is 1. The van der Waals surface area contributed by atoms with E-state index in [1.54, 1.807) is 13.2 Å². The van der Waals surface area contributed by atoms with E-state index in [1.807, 2.05) is 13.0 Å². The number of thiocarbonyl (C=S) groups is 1. The van der Waals surface area contributed by atoms with Crippen LogP contribution in [0.25, 0.3) is 6.08 Å². The molecule has 1 aliphatic carbocycles. The van der Waals surface area contributed by atoms with Crippen LogP contribution in [0.1, 0.15) is 30.9 Å². The molecule has 0 fully saturated rings. The number of hydrogen-bond acceptors (Lipinski definition) is 3. The van der Waals surface area contributed by atoms with E-state index in [1.165, 1.54) is 16.7 Å². The molecule has 0 saturated heterocycles. The van der Waals surface area contributed by atoms with Gasteiger partial charge in [0, 0.05) is 19.6 Å². The van der Waals surface area contributed by atoms with E-state index in [-0.39, 0.29) is 5.92 Å². The number of rotatable bonds is 7. The number of allylic oxidation sites excluding steroid dienone is 3. The van der Waals surface area contributed by atoms with E-state index < -0.39 is 0 Å². The van der Waals surface area contributed by atoms with Crippen molar-refractivity contribution in [1.29, 1.82) is 0 Å². The van der Waals surface area contributed by atoms with Gasteiger partial charge in [0.05, 0.1) is 0 Å². The molecule has 0 bridgehead atoms. The van der Waals surface area contributed by atoms with Crippen molar-refractivity contribution in [1.82, 2.24) is 0 Å². The maximum atomic E-state index is 11.1. The minimum Gasteiger partial charge on any atom is -0.385 e. The molecule has 0 aromatic heterocycles. The molecule has 1 aliphatic rings. The predicted octanol–water partition coefficient (Wildman–Crippen LogP) is 4.18. The molecule has 1 aromatic carbocycles. The average molecular weight is 314 g/mol. The average Bonchev–Trinajstić information content (AvgIpc) is 2.53. The highest BCUT2D eigenvalue weighted by molar-refractivity contribution is 7.80. The van der Waals surface area contributed by atoms with Crippen LogP contribution in [0, 0.1) is 5.92 Å². The summed E-state index contributed by atoms with van der Waals surface area (Å²) in [6, 6.07) is 8.41. The molecule has 0 amide bonds. The third-order valence-electron chi connectivity index (χ3n) is 4.14. The lowest BCUT2D eigenvalue weighted by Crippen LogP contribution is -2.17. The normalized spacial score (nSPS) is 15.7. The summed E-state index contributed by atoms with van der Waals surface area (Å²) in [4.78, 5) is 12.0. The quantitative estimate of drug-likeness (QED) is 0.429. The molecule has 2 nitrogen and oxygen atoms in total. The van der Waals surface area contributed by atoms with E-state index in [0.717, 1.165) is 36.0 Å². The topological polar surface area (TPSA) is 26.3 Å². The lowest BCUT2D eigenvalue weighted by molar-refractivity contribution is -0.104. The second kappa shape index (κ2) is 8.16. The molecule has 2 rings (SSSR count). The van der Waals surface area contributed by atoms with E-state index in [0.29, 0.717) is 6.61 Å². The Morgan fingerprint density at radius 3 is 2.82 bits per heavy atom. The highest BCUT2D eigenvalue weighted by Gasteiger charge is 2.22. The zero-order valence-corrected chi connectivity index (χ0v) is 14.0. The van der Waals surface area contributed by atoms with Gasteiger partial charge in [-0.2, -0.15) is 0 Å². The molecule has 0 heterocycles. The van der Waals surface area contributed by atoms with Crippen molar-refractivity contribution < 1.29 is 9.53 Å². The summed E-state index contributed by atoms with van der Waals surface area (Å²) in [7, 11) is 1.69. The highest BCUT2D eigenvalue weighted by atomic mass is 32.1. The Balaban J connectivity index is 2.36. The number of methoxy groups -OCH3 is 1. The minimum absolute atomic E-state index is 0.0941. The molecule has 0 aliphatic heterocycles. The molecule has 22 heavy (non-hydrogen) atoms. The SMILES string of the molecule is COCCC(C(C)=S)/C(=C\C=O)C1=Cc2ccccc2CC1. The molecule has 0 spiro atoms. The van der Waals surface area contributed by atoms with Crippen LogP contribution in [-0.4, -0.2) is 24.9 Å². The number of carbonyl (C=O) groups excluding carboxylic acids is 1. The second-order valence-corrected chi connectivity index (χ2v) is 6.22. The van der Waals surface area contributed by atoms with Gasteiger partial charge in [-0.25, -0.2) is 0 Å². The number of hydrogen-bond donors (Lipinski definition) is 0. The first-order valence-corrected chi connectivity index (χ1v) is 8.01. The molecule has 0 saturated carbocycles. The van der Waals surface area contributed by atoms with Crippen LogP contribution in [0.3, 0.4) is 0 Å². The first kappa shape index (κ1) is 16.8. The molecular weight excluding hydrogens is 292 g/mol. The Kier molecular flexibility index (Phi) is 6.22. The summed E-state index contributed by atoms with van der Waals surface area (Å²) in [5, 5.41) is 0. The van der Waals surface area contributed by atoms with Gasteiger partial charge >= 0.3 is 0 Å². The highest BCUT2D eigenvalue weighted by Crippen LogP contribution is 2.33. The fourth-order valence-electron chi connectivity index (χ4n) is 2.99. The van der Waals surface area contributed by atoms with Gasteiger partial charge in [-0.05, 0) is 59.4 Å². The van der Waals surface area contributed by atoms with Crippen LogP contribution in [0.4, 0.5) is 0 Å². The lowest BCUT2D eigenvalue weighted by atomic mass is 9.81. The number of ether oxygens (including phenoxy) is 1. The van der Waals surface area contributed by atoms with E-state index in [4.69, 9.17) is 17.0 Å². The Labute approximate surface area is 137 Å². The Morgan fingerprint density at radius 1 is 1.36 bits per heavy atom. The van der Waals surface area contributed by atoms with E-state index in [2.05, 4.69) is 24.3 Å². The maximum Gasteiger partial charge on any atom is 0.143 e. The fourth-order valence-corrected chi connectivity index (χ4v) is 3.24. The van der Waals surface area contributed by atoms with Crippen molar-refractivity contribution >= 4 is 29.4 Å². The van der Waals surface area contributed by atoms with Crippen LogP contribution in [-0.2, 0) is 16.0 Å². The zero-order chi connectivity index (χ0) is 15.9. The van der Waals surface area contributed by atoms with Gasteiger partial charge in [0.15, 0.2) is 0 Å². The number of aryl methyl sites for hydroxylation is 1. The van der Waals surface area contributed by atoms with Crippen molar-refractivity contribution in [3.8, 4) is 0 Å². The van der Waals surface area contributed by atoms with Crippen LogP contribution < -0.4 is 0 Å². The molecule has 1 atom stereocenters. The summed E-state index contributed by atoms with van der Waals surface area (Å²) in [6.07, 6.45) is 7.51. The maximum absolute atomic E-state index is 11.1. The lowest BCUT2D eigenvalue weighted by Gasteiger charge is -2.25. The third kappa shape index (κ3) is 3.99. The van der Waals surface area contributed by atoms with E-state index in [9.17, 15) is 4.79 Å². The fraction of sp³-hybridized carbons (Fsp3) is 0.368. The monoisotopic (exact) mass is 314 g/mol. The first-order valence-electron chi connectivity index (χ1n) is 7.61. The van der Waals surface area contributed by atoms with Gasteiger partial charge in [0.25, 0.3) is 0 Å². The Morgan fingerprint density at radius 2 is 2.14 bits per heavy atom. The van der Waals surface area contributed by atoms with Crippen LogP contribution in [0.15, 0.2) is 41.5 Å². The molecule has 0 N–H and O–H groups in total. The van der Waals surface area contributed by atoms with Gasteiger partial charge < -0.3 is 4.74 Å². The molecule has 1 unspecified atom stereocenters. The van der Waals surface area contributed by atoms with Gasteiger partial charge in [-0.15, -0.1) is 0 Å². The predicted molar refractivity (Wildman–Crippen MR) is 95.1 cm³/mol. The largest absolute Gasteiger partial charge is 0.385 e. The summed E-state index contributed by atoms with van der Waals surface area (Å²) >= 11 is 5.43. The van der Waals surface area contributed by atoms with Crippen molar-refractivity contribution in [3.63, 3.8) is 0 Å². The standard InChI is InChI=1S/C19H22O2S/c1-14(22)18(10-12-21-2)19(9-11-20)17-8-7-15-5-3-4-6-16(15)13-17/h3-6,9,11,13,18H,7-8,10,12H2,1-2H3/b19-9-. The van der Waals surface area contributed by atoms with Gasteiger partial charge in [0.2, 0.25) is 0 Å². The summed E-state index contributed by atoms with van der Waals surface area (Å²) in [5.74, 6) is 0.0941. The number of fused-ring (bicyclic) bond motifs is 1. The molecule has 1 aromatic rings. The zero-order valence-electron chi connectivity index (χ0n) is 13.2. The molecular formula is C19H22O2S. The number of benzene rings is 1. The Bertz CT molecular complexity index is 614. The van der Waals surface area contributed by atoms with Crippen molar-refractivity contribution in [2.75, 3.05) is 13.7 Å². The smallest absolute Gasteiger partial charge is 0.143 e. The molecule has 116 valence electrons. The molecule has 0 radical (unpaired) electrons. The van der Waals surface area contributed by atoms with Gasteiger partial charge in [-0.3, -0.25) is 4.79 Å². The Hall–Kier alpha value is -1.58. The number of aldehydes is 1. The third-order valence-corrected chi connectivity index (χ3v) is 4.43. The second-order valence-electron chi connectivity index (χ2n) is 5.57. The minimum atomic E-state index is 0.0941. The van der Waals surface area contributed by atoms with Gasteiger partial charge in [-0.1, -0.05) is 42.6 Å².